The topological polar surface area (TPSA) is 96.4 Å². The van der Waals surface area contributed by atoms with Gasteiger partial charge in [-0.2, -0.15) is 0 Å². The fourth-order valence-electron chi connectivity index (χ4n) is 1.35. The fraction of sp³-hybridized carbons (Fsp3) is 0.111. The van der Waals surface area contributed by atoms with Crippen LogP contribution in [0, 0.1) is 6.92 Å². The van der Waals surface area contributed by atoms with Crippen molar-refractivity contribution in [2.45, 2.75) is 11.8 Å². The molecule has 0 saturated heterocycles. The Kier molecular flexibility index (Phi) is 3.37. The Morgan fingerprint density at radius 1 is 1.44 bits per heavy atom. The molecule has 0 radical (unpaired) electrons. The summed E-state index contributed by atoms with van der Waals surface area (Å²) in [7, 11) is -3.92. The molecule has 9 heteroatoms. The lowest BCUT2D eigenvalue weighted by Crippen LogP contribution is -2.16. The van der Waals surface area contributed by atoms with E-state index < -0.39 is 16.0 Å². The molecule has 0 aliphatic rings. The third-order valence-electron chi connectivity index (χ3n) is 2.03. The smallest absolute Gasteiger partial charge is 0.347 e. The number of sulfonamides is 1. The number of aryl methyl sites for hydroxylation is 1. The summed E-state index contributed by atoms with van der Waals surface area (Å²) in [5, 5.41) is 12.3. The molecular formula is C9H8N2O4S3. The third kappa shape index (κ3) is 2.37. The number of thiophene rings is 1. The fourth-order valence-corrected chi connectivity index (χ4v) is 4.78. The Morgan fingerprint density at radius 3 is 2.72 bits per heavy atom. The van der Waals surface area contributed by atoms with Gasteiger partial charge in [0.2, 0.25) is 0 Å². The van der Waals surface area contributed by atoms with Crippen molar-refractivity contribution in [3.8, 4) is 0 Å². The molecule has 0 aliphatic carbocycles. The Hall–Kier alpha value is -1.45. The average Bonchev–Trinajstić information content (AvgIpc) is 2.86. The van der Waals surface area contributed by atoms with Crippen LogP contribution in [0.4, 0.5) is 5.13 Å². The second kappa shape index (κ2) is 4.67. The van der Waals surface area contributed by atoms with Crippen LogP contribution in [0.5, 0.6) is 0 Å². The monoisotopic (exact) mass is 304 g/mol. The lowest BCUT2D eigenvalue weighted by Gasteiger charge is -2.05. The molecule has 2 rings (SSSR count). The number of hydrogen-bond acceptors (Lipinski definition) is 6. The lowest BCUT2D eigenvalue weighted by atomic mass is 10.3. The quantitative estimate of drug-likeness (QED) is 0.900. The Bertz CT molecular complexity index is 673. The Labute approximate surface area is 111 Å². The van der Waals surface area contributed by atoms with Crippen molar-refractivity contribution >= 4 is 43.8 Å². The molecule has 0 aromatic carbocycles. The molecule has 0 aliphatic heterocycles. The first kappa shape index (κ1) is 13.0. The maximum Gasteiger partial charge on any atom is 0.347 e. The number of nitrogens with one attached hydrogen (secondary N) is 1. The van der Waals surface area contributed by atoms with Crippen LogP contribution in [-0.2, 0) is 10.0 Å². The molecule has 0 atom stereocenters. The summed E-state index contributed by atoms with van der Waals surface area (Å²) in [6.45, 7) is 1.55. The SMILES string of the molecule is Cc1csc(C(=O)O)c1S(=O)(=O)Nc1nccs1. The van der Waals surface area contributed by atoms with E-state index in [1.807, 2.05) is 0 Å². The van der Waals surface area contributed by atoms with Gasteiger partial charge in [0, 0.05) is 11.6 Å². The highest BCUT2D eigenvalue weighted by molar-refractivity contribution is 7.93. The van der Waals surface area contributed by atoms with Gasteiger partial charge in [-0.1, -0.05) is 0 Å². The maximum atomic E-state index is 12.1. The first-order valence-corrected chi connectivity index (χ1v) is 7.90. The van der Waals surface area contributed by atoms with Crippen molar-refractivity contribution < 1.29 is 18.3 Å². The Morgan fingerprint density at radius 2 is 2.17 bits per heavy atom. The van der Waals surface area contributed by atoms with Crippen molar-refractivity contribution in [1.29, 1.82) is 0 Å². The number of carboxylic acid groups (broad SMARTS) is 1. The first-order valence-electron chi connectivity index (χ1n) is 4.65. The number of carbonyl (C=O) groups is 1. The highest BCUT2D eigenvalue weighted by atomic mass is 32.2. The van der Waals surface area contributed by atoms with E-state index in [9.17, 15) is 13.2 Å². The van der Waals surface area contributed by atoms with Crippen molar-refractivity contribution in [3.63, 3.8) is 0 Å². The molecule has 2 heterocycles. The second-order valence-electron chi connectivity index (χ2n) is 3.32. The van der Waals surface area contributed by atoms with Gasteiger partial charge < -0.3 is 5.11 Å². The molecule has 2 aromatic heterocycles. The average molecular weight is 304 g/mol. The molecule has 0 unspecified atom stereocenters. The summed E-state index contributed by atoms with van der Waals surface area (Å²) in [5.74, 6) is -1.26. The number of hydrogen-bond donors (Lipinski definition) is 2. The van der Waals surface area contributed by atoms with Gasteiger partial charge in [0.25, 0.3) is 10.0 Å². The van der Waals surface area contributed by atoms with Crippen LogP contribution in [0.25, 0.3) is 0 Å². The van der Waals surface area contributed by atoms with Crippen LogP contribution < -0.4 is 4.72 Å². The summed E-state index contributed by atoms with van der Waals surface area (Å²) in [6, 6.07) is 0. The predicted molar refractivity (Wildman–Crippen MR) is 68.9 cm³/mol. The number of rotatable bonds is 4. The molecular weight excluding hydrogens is 296 g/mol. The number of nitrogens with zero attached hydrogens (tertiary/aromatic N) is 1. The van der Waals surface area contributed by atoms with Gasteiger partial charge in [-0.3, -0.25) is 4.72 Å². The minimum absolute atomic E-state index is 0.198. The summed E-state index contributed by atoms with van der Waals surface area (Å²) in [6.07, 6.45) is 1.46. The van der Waals surface area contributed by atoms with Crippen molar-refractivity contribution in [1.82, 2.24) is 4.98 Å². The molecule has 2 aromatic rings. The van der Waals surface area contributed by atoms with E-state index in [2.05, 4.69) is 9.71 Å². The summed E-state index contributed by atoms with van der Waals surface area (Å²) in [4.78, 5) is 14.4. The van der Waals surface area contributed by atoms with E-state index in [0.717, 1.165) is 22.7 Å². The van der Waals surface area contributed by atoms with Gasteiger partial charge in [-0.15, -0.1) is 22.7 Å². The molecule has 0 amide bonds. The first-order chi connectivity index (χ1) is 8.42. The van der Waals surface area contributed by atoms with Crippen LogP contribution in [0.15, 0.2) is 21.9 Å². The van der Waals surface area contributed by atoms with Crippen LogP contribution in [-0.4, -0.2) is 24.5 Å². The second-order valence-corrected chi connectivity index (χ2v) is 6.72. The highest BCUT2D eigenvalue weighted by Crippen LogP contribution is 2.28. The number of carboxylic acids is 1. The van der Waals surface area contributed by atoms with Gasteiger partial charge >= 0.3 is 5.97 Å². The normalized spacial score (nSPS) is 11.4. The number of thiazole rings is 1. The molecule has 96 valence electrons. The van der Waals surface area contributed by atoms with E-state index in [0.29, 0.717) is 5.56 Å². The molecule has 0 saturated carbocycles. The van der Waals surface area contributed by atoms with Crippen LogP contribution in [0.2, 0.25) is 0 Å². The van der Waals surface area contributed by atoms with Crippen LogP contribution in [0.1, 0.15) is 15.2 Å². The molecule has 0 bridgehead atoms. The Balaban J connectivity index is 2.47. The number of aromatic nitrogens is 1. The van der Waals surface area contributed by atoms with Crippen LogP contribution >= 0.6 is 22.7 Å². The summed E-state index contributed by atoms with van der Waals surface area (Å²) >= 11 is 2.01. The summed E-state index contributed by atoms with van der Waals surface area (Å²) < 4.78 is 26.5. The number of aromatic carboxylic acids is 1. The van der Waals surface area contributed by atoms with E-state index in [1.54, 1.807) is 12.3 Å². The van der Waals surface area contributed by atoms with Gasteiger partial charge in [-0.25, -0.2) is 18.2 Å². The predicted octanol–water partition coefficient (Wildman–Crippen LogP) is 2.01. The van der Waals surface area contributed by atoms with E-state index in [1.165, 1.54) is 11.6 Å². The number of anilines is 1. The van der Waals surface area contributed by atoms with Crippen molar-refractivity contribution in [2.75, 3.05) is 4.72 Å². The molecule has 2 N–H and O–H groups in total. The van der Waals surface area contributed by atoms with E-state index in [-0.39, 0.29) is 14.9 Å². The molecule has 0 fully saturated rings. The van der Waals surface area contributed by atoms with Gasteiger partial charge in [-0.05, 0) is 17.9 Å². The van der Waals surface area contributed by atoms with Gasteiger partial charge in [0.1, 0.15) is 9.77 Å². The van der Waals surface area contributed by atoms with Gasteiger partial charge in [0.15, 0.2) is 5.13 Å². The standard InChI is InChI=1S/C9H8N2O4S3/c1-5-4-17-6(8(12)13)7(5)18(14,15)11-9-10-2-3-16-9/h2-4H,1H3,(H,10,11)(H,12,13). The molecule has 6 nitrogen and oxygen atoms in total. The van der Waals surface area contributed by atoms with Crippen molar-refractivity contribution in [3.05, 3.63) is 27.4 Å². The van der Waals surface area contributed by atoms with Crippen LogP contribution in [0.3, 0.4) is 0 Å². The third-order valence-corrected chi connectivity index (χ3v) is 5.59. The van der Waals surface area contributed by atoms with E-state index >= 15 is 0 Å². The minimum atomic E-state index is -3.92. The summed E-state index contributed by atoms with van der Waals surface area (Å²) in [5.41, 5.74) is 0.404. The lowest BCUT2D eigenvalue weighted by molar-refractivity contribution is 0.0698. The van der Waals surface area contributed by atoms with E-state index in [4.69, 9.17) is 5.11 Å². The zero-order valence-electron chi connectivity index (χ0n) is 9.08. The largest absolute Gasteiger partial charge is 0.477 e. The van der Waals surface area contributed by atoms with Gasteiger partial charge in [0.05, 0.1) is 0 Å². The zero-order chi connectivity index (χ0) is 13.3. The minimum Gasteiger partial charge on any atom is -0.477 e. The van der Waals surface area contributed by atoms with Crippen molar-refractivity contribution in [2.24, 2.45) is 0 Å². The highest BCUT2D eigenvalue weighted by Gasteiger charge is 2.27. The molecule has 0 spiro atoms. The maximum absolute atomic E-state index is 12.1. The zero-order valence-corrected chi connectivity index (χ0v) is 11.5. The molecule has 18 heavy (non-hydrogen) atoms.